The summed E-state index contributed by atoms with van der Waals surface area (Å²) in [6.45, 7) is 6.88. The van der Waals surface area contributed by atoms with Crippen LogP contribution in [0.25, 0.3) is 0 Å². The summed E-state index contributed by atoms with van der Waals surface area (Å²) in [5, 5.41) is 5.99. The van der Waals surface area contributed by atoms with Crippen molar-refractivity contribution in [2.24, 2.45) is 0 Å². The van der Waals surface area contributed by atoms with Crippen LogP contribution in [0.3, 0.4) is 0 Å². The van der Waals surface area contributed by atoms with Crippen LogP contribution in [-0.4, -0.2) is 23.2 Å². The van der Waals surface area contributed by atoms with Crippen LogP contribution in [0.2, 0.25) is 0 Å². The summed E-state index contributed by atoms with van der Waals surface area (Å²) in [6, 6.07) is 15.9. The number of nitrogens with one attached hydrogen (secondary N) is 1. The van der Waals surface area contributed by atoms with Gasteiger partial charge in [0.2, 0.25) is 0 Å². The lowest BCUT2D eigenvalue weighted by molar-refractivity contribution is 0.0942. The maximum Gasteiger partial charge on any atom is 0.252 e. The van der Waals surface area contributed by atoms with Crippen molar-refractivity contribution >= 4 is 23.0 Å². The smallest absolute Gasteiger partial charge is 0.252 e. The van der Waals surface area contributed by atoms with E-state index in [9.17, 15) is 9.59 Å². The highest BCUT2D eigenvalue weighted by Gasteiger charge is 2.19. The van der Waals surface area contributed by atoms with E-state index in [4.69, 9.17) is 0 Å². The van der Waals surface area contributed by atoms with E-state index in [1.54, 1.807) is 47.7 Å². The highest BCUT2D eigenvalue weighted by Crippen LogP contribution is 2.24. The third-order valence-electron chi connectivity index (χ3n) is 4.40. The Bertz CT molecular complexity index is 972. The molecule has 144 valence electrons. The largest absolute Gasteiger partial charge is 0.352 e. The van der Waals surface area contributed by atoms with Crippen LogP contribution >= 0.6 is 11.3 Å². The van der Waals surface area contributed by atoms with Gasteiger partial charge in [-0.3, -0.25) is 9.59 Å². The molecule has 0 fully saturated rings. The fraction of sp³-hybridized carbons (Fsp3) is 0.261. The van der Waals surface area contributed by atoms with Crippen LogP contribution in [-0.2, 0) is 11.8 Å². The van der Waals surface area contributed by atoms with Crippen molar-refractivity contribution < 1.29 is 9.59 Å². The molecule has 1 amide bonds. The molecule has 0 saturated heterocycles. The molecule has 0 spiro atoms. The van der Waals surface area contributed by atoms with E-state index in [-0.39, 0.29) is 17.1 Å². The maximum absolute atomic E-state index is 12.8. The minimum absolute atomic E-state index is 0.0226. The monoisotopic (exact) mass is 392 g/mol. The third kappa shape index (κ3) is 4.73. The number of ketones is 1. The summed E-state index contributed by atoms with van der Waals surface area (Å²) in [6.07, 6.45) is 0.668. The van der Waals surface area contributed by atoms with E-state index in [1.807, 2.05) is 18.2 Å². The summed E-state index contributed by atoms with van der Waals surface area (Å²) in [5.74, 6) is -0.395. The van der Waals surface area contributed by atoms with E-state index in [0.717, 1.165) is 10.7 Å². The van der Waals surface area contributed by atoms with Gasteiger partial charge in [0.1, 0.15) is 0 Å². The maximum atomic E-state index is 12.8. The summed E-state index contributed by atoms with van der Waals surface area (Å²) in [7, 11) is 0. The second kappa shape index (κ2) is 8.48. The zero-order chi connectivity index (χ0) is 20.1. The summed E-state index contributed by atoms with van der Waals surface area (Å²) in [5.41, 5.74) is 2.47. The molecule has 0 aliphatic carbocycles. The molecular weight excluding hydrogens is 368 g/mol. The zero-order valence-electron chi connectivity index (χ0n) is 16.4. The Morgan fingerprint density at radius 2 is 1.61 bits per heavy atom. The molecule has 0 aliphatic heterocycles. The topological polar surface area (TPSA) is 59.1 Å². The Morgan fingerprint density at radius 1 is 0.964 bits per heavy atom. The van der Waals surface area contributed by atoms with Gasteiger partial charge in [0, 0.05) is 34.9 Å². The van der Waals surface area contributed by atoms with Gasteiger partial charge in [-0.2, -0.15) is 0 Å². The first kappa shape index (κ1) is 20.0. The zero-order valence-corrected chi connectivity index (χ0v) is 17.2. The Balaban J connectivity index is 1.67. The van der Waals surface area contributed by atoms with Crippen LogP contribution < -0.4 is 5.32 Å². The lowest BCUT2D eigenvalue weighted by Gasteiger charge is -2.14. The van der Waals surface area contributed by atoms with E-state index >= 15 is 0 Å². The minimum Gasteiger partial charge on any atom is -0.352 e. The van der Waals surface area contributed by atoms with Gasteiger partial charge in [0.25, 0.3) is 5.91 Å². The van der Waals surface area contributed by atoms with Crippen molar-refractivity contribution in [1.82, 2.24) is 10.3 Å². The molecule has 3 rings (SSSR count). The van der Waals surface area contributed by atoms with Crippen LogP contribution in [0.1, 0.15) is 57.8 Å². The standard InChI is InChI=1S/C23H24N2O2S/c1-23(2,3)19-15-28-20(25-19)13-14-24-22(27)18-12-8-7-11-17(18)21(26)16-9-5-4-6-10-16/h4-12,15H,13-14H2,1-3H3,(H,24,27). The van der Waals surface area contributed by atoms with Gasteiger partial charge in [0.15, 0.2) is 5.78 Å². The van der Waals surface area contributed by atoms with Gasteiger partial charge in [-0.25, -0.2) is 4.98 Å². The molecule has 0 bridgehead atoms. The van der Waals surface area contributed by atoms with Gasteiger partial charge in [-0.1, -0.05) is 69.3 Å². The van der Waals surface area contributed by atoms with E-state index < -0.39 is 0 Å². The summed E-state index contributed by atoms with van der Waals surface area (Å²) >= 11 is 1.61. The Morgan fingerprint density at radius 3 is 2.25 bits per heavy atom. The minimum atomic E-state index is -0.243. The number of amides is 1. The quantitative estimate of drug-likeness (QED) is 0.622. The fourth-order valence-corrected chi connectivity index (χ4v) is 3.80. The Hall–Kier alpha value is -2.79. The molecule has 5 heteroatoms. The van der Waals surface area contributed by atoms with Gasteiger partial charge < -0.3 is 5.32 Å². The van der Waals surface area contributed by atoms with E-state index in [2.05, 4.69) is 36.5 Å². The van der Waals surface area contributed by atoms with Crippen molar-refractivity contribution in [3.63, 3.8) is 0 Å². The van der Waals surface area contributed by atoms with Crippen LogP contribution in [0.4, 0.5) is 0 Å². The van der Waals surface area contributed by atoms with Crippen molar-refractivity contribution in [1.29, 1.82) is 0 Å². The molecule has 0 unspecified atom stereocenters. The normalized spacial score (nSPS) is 11.2. The molecule has 1 heterocycles. The molecule has 3 aromatic rings. The van der Waals surface area contributed by atoms with Crippen molar-refractivity contribution in [2.45, 2.75) is 32.6 Å². The molecule has 0 atom stereocenters. The second-order valence-corrected chi connectivity index (χ2v) is 8.57. The predicted molar refractivity (Wildman–Crippen MR) is 113 cm³/mol. The van der Waals surface area contributed by atoms with E-state index in [1.165, 1.54) is 0 Å². The molecule has 0 saturated carbocycles. The van der Waals surface area contributed by atoms with Gasteiger partial charge in [0.05, 0.1) is 16.3 Å². The molecule has 0 radical (unpaired) electrons. The molecule has 1 aromatic heterocycles. The number of thiazole rings is 1. The van der Waals surface area contributed by atoms with Crippen molar-refractivity contribution in [3.05, 3.63) is 87.4 Å². The van der Waals surface area contributed by atoms with E-state index in [0.29, 0.717) is 29.7 Å². The van der Waals surface area contributed by atoms with Gasteiger partial charge in [-0.05, 0) is 6.07 Å². The van der Waals surface area contributed by atoms with Crippen molar-refractivity contribution in [3.8, 4) is 0 Å². The molecule has 1 N–H and O–H groups in total. The fourth-order valence-electron chi connectivity index (χ4n) is 2.77. The molecular formula is C23H24N2O2S. The molecule has 4 nitrogen and oxygen atoms in total. The average Bonchev–Trinajstić information content (AvgIpc) is 3.17. The highest BCUT2D eigenvalue weighted by atomic mass is 32.1. The first-order valence-electron chi connectivity index (χ1n) is 9.28. The third-order valence-corrected chi connectivity index (χ3v) is 5.31. The summed E-state index contributed by atoms with van der Waals surface area (Å²) < 4.78 is 0. The molecule has 2 aromatic carbocycles. The highest BCUT2D eigenvalue weighted by molar-refractivity contribution is 7.09. The number of nitrogens with zero attached hydrogens (tertiary/aromatic N) is 1. The molecule has 0 aliphatic rings. The van der Waals surface area contributed by atoms with Gasteiger partial charge >= 0.3 is 0 Å². The number of hydrogen-bond acceptors (Lipinski definition) is 4. The average molecular weight is 393 g/mol. The Kier molecular flexibility index (Phi) is 6.05. The van der Waals surface area contributed by atoms with Crippen LogP contribution in [0.5, 0.6) is 0 Å². The number of rotatable bonds is 6. The van der Waals surface area contributed by atoms with Gasteiger partial charge in [-0.15, -0.1) is 11.3 Å². The number of carbonyl (C=O) groups excluding carboxylic acids is 2. The first-order chi connectivity index (χ1) is 13.4. The van der Waals surface area contributed by atoms with Crippen LogP contribution in [0.15, 0.2) is 60.0 Å². The Labute approximate surface area is 169 Å². The second-order valence-electron chi connectivity index (χ2n) is 7.62. The molecule has 28 heavy (non-hydrogen) atoms. The first-order valence-corrected chi connectivity index (χ1v) is 10.2. The predicted octanol–water partition coefficient (Wildman–Crippen LogP) is 4.64. The lowest BCUT2D eigenvalue weighted by Crippen LogP contribution is -2.27. The van der Waals surface area contributed by atoms with Crippen LogP contribution in [0, 0.1) is 0 Å². The number of carbonyl (C=O) groups is 2. The SMILES string of the molecule is CC(C)(C)c1csc(CCNC(=O)c2ccccc2C(=O)c2ccccc2)n1. The number of aromatic nitrogens is 1. The number of hydrogen-bond donors (Lipinski definition) is 1. The summed E-state index contributed by atoms with van der Waals surface area (Å²) in [4.78, 5) is 30.1. The number of benzene rings is 2. The van der Waals surface area contributed by atoms with Crippen molar-refractivity contribution in [2.75, 3.05) is 6.54 Å². The lowest BCUT2D eigenvalue weighted by atomic mass is 9.93.